The number of amides is 4. The average Bonchev–Trinajstić information content (AvgIpc) is 3.44. The van der Waals surface area contributed by atoms with Gasteiger partial charge in [-0.15, -0.1) is 0 Å². The second kappa shape index (κ2) is 7.23. The number of carbonyl (C=O) groups excluding carboxylic acids is 3. The largest absolute Gasteiger partial charge is 0.497 e. The lowest BCUT2D eigenvalue weighted by atomic mass is 9.88. The number of fused-ring (bicyclic) bond motifs is 1. The third kappa shape index (κ3) is 3.09. The van der Waals surface area contributed by atoms with Gasteiger partial charge in [-0.1, -0.05) is 30.3 Å². The van der Waals surface area contributed by atoms with Crippen LogP contribution in [0.5, 0.6) is 5.75 Å². The van der Waals surface area contributed by atoms with Crippen molar-refractivity contribution in [3.63, 3.8) is 0 Å². The molecule has 1 saturated heterocycles. The molecular weight excluding hydrogens is 410 g/mol. The molecule has 3 aromatic rings. The smallest absolute Gasteiger partial charge is 0.322 e. The van der Waals surface area contributed by atoms with E-state index in [9.17, 15) is 14.4 Å². The number of hydrogen-bond donors (Lipinski definition) is 2. The summed E-state index contributed by atoms with van der Waals surface area (Å²) in [6.07, 6.45) is 3.65. The van der Waals surface area contributed by atoms with Crippen molar-refractivity contribution in [2.75, 3.05) is 13.7 Å². The monoisotopic (exact) mass is 431 g/mol. The summed E-state index contributed by atoms with van der Waals surface area (Å²) >= 11 is 0. The van der Waals surface area contributed by atoms with Crippen LogP contribution >= 0.6 is 0 Å². The molecular formula is C23H21N5O4. The molecule has 2 aliphatic heterocycles. The third-order valence-corrected chi connectivity index (χ3v) is 5.98. The van der Waals surface area contributed by atoms with Crippen molar-refractivity contribution < 1.29 is 19.1 Å². The van der Waals surface area contributed by atoms with Gasteiger partial charge in [0.25, 0.3) is 11.8 Å². The molecule has 1 aromatic heterocycles. The Hall–Kier alpha value is -4.14. The molecule has 3 heterocycles. The number of nitrogens with zero attached hydrogens (tertiary/aromatic N) is 3. The van der Waals surface area contributed by atoms with E-state index in [1.165, 1.54) is 0 Å². The van der Waals surface area contributed by atoms with E-state index in [1.807, 2.05) is 31.4 Å². The summed E-state index contributed by atoms with van der Waals surface area (Å²) in [6, 6.07) is 12.1. The number of benzene rings is 2. The summed E-state index contributed by atoms with van der Waals surface area (Å²) in [5.74, 6) is -0.108. The van der Waals surface area contributed by atoms with Crippen LogP contribution in [0.3, 0.4) is 0 Å². The van der Waals surface area contributed by atoms with Crippen LogP contribution in [-0.4, -0.2) is 46.2 Å². The van der Waals surface area contributed by atoms with E-state index in [4.69, 9.17) is 4.74 Å². The maximum atomic E-state index is 13.1. The highest BCUT2D eigenvalue weighted by molar-refractivity contribution is 6.08. The van der Waals surface area contributed by atoms with Gasteiger partial charge in [-0.05, 0) is 28.8 Å². The topological polar surface area (TPSA) is 106 Å². The highest BCUT2D eigenvalue weighted by Crippen LogP contribution is 2.33. The fraction of sp³-hybridized carbons (Fsp3) is 0.217. The molecule has 32 heavy (non-hydrogen) atoms. The number of methoxy groups -OCH3 is 1. The molecule has 0 bridgehead atoms. The minimum atomic E-state index is -1.38. The second-order valence-corrected chi connectivity index (χ2v) is 7.98. The number of imide groups is 1. The van der Waals surface area contributed by atoms with Crippen molar-refractivity contribution in [1.82, 2.24) is 25.3 Å². The molecule has 0 unspecified atom stereocenters. The van der Waals surface area contributed by atoms with Crippen LogP contribution < -0.4 is 15.4 Å². The molecule has 1 atom stereocenters. The van der Waals surface area contributed by atoms with E-state index >= 15 is 0 Å². The Kier molecular flexibility index (Phi) is 4.47. The summed E-state index contributed by atoms with van der Waals surface area (Å²) in [7, 11) is 3.38. The average molecular weight is 431 g/mol. The SMILES string of the molecule is COc1ccc2c(c1)C(=O)N(C[C@@]1(c3ccc(-c4cnn(C)c4)cc3)NC(=O)NC1=O)C2. The number of hydrogen-bond acceptors (Lipinski definition) is 5. The first-order valence-electron chi connectivity index (χ1n) is 10.1. The Labute approximate surface area is 184 Å². The maximum absolute atomic E-state index is 13.1. The predicted molar refractivity (Wildman–Crippen MR) is 115 cm³/mol. The summed E-state index contributed by atoms with van der Waals surface area (Å²) in [5, 5.41) is 9.26. The van der Waals surface area contributed by atoms with Crippen LogP contribution in [0.15, 0.2) is 54.9 Å². The molecule has 5 rings (SSSR count). The minimum Gasteiger partial charge on any atom is -0.497 e. The molecule has 4 amide bonds. The Bertz CT molecular complexity index is 1250. The Morgan fingerprint density at radius 1 is 1.09 bits per heavy atom. The van der Waals surface area contributed by atoms with Crippen LogP contribution in [0.4, 0.5) is 4.79 Å². The van der Waals surface area contributed by atoms with Gasteiger partial charge in [-0.2, -0.15) is 5.10 Å². The second-order valence-electron chi connectivity index (χ2n) is 7.98. The third-order valence-electron chi connectivity index (χ3n) is 5.98. The number of rotatable bonds is 5. The molecule has 9 nitrogen and oxygen atoms in total. The minimum absolute atomic E-state index is 0.00659. The van der Waals surface area contributed by atoms with Gasteiger partial charge in [0.15, 0.2) is 5.54 Å². The molecule has 0 radical (unpaired) electrons. The Morgan fingerprint density at radius 3 is 2.50 bits per heavy atom. The normalized spacial score (nSPS) is 19.7. The molecule has 0 spiro atoms. The molecule has 2 aliphatic rings. The molecule has 9 heteroatoms. The molecule has 0 saturated carbocycles. The van der Waals surface area contributed by atoms with Gasteiger partial charge in [0.2, 0.25) is 0 Å². The van der Waals surface area contributed by atoms with Gasteiger partial charge in [-0.3, -0.25) is 19.6 Å². The zero-order chi connectivity index (χ0) is 22.5. The lowest BCUT2D eigenvalue weighted by molar-refractivity contribution is -0.124. The Balaban J connectivity index is 1.48. The van der Waals surface area contributed by atoms with Crippen molar-refractivity contribution in [1.29, 1.82) is 0 Å². The standard InChI is InChI=1S/C23H21N5O4/c1-27-11-16(10-24-27)14-3-6-17(7-4-14)23(21(30)25-22(31)26-23)13-28-12-15-5-8-18(32-2)9-19(15)20(28)29/h3-11H,12-13H2,1-2H3,(H2,25,26,30,31)/t23-/m0/s1. The zero-order valence-corrected chi connectivity index (χ0v) is 17.6. The van der Waals surface area contributed by atoms with Crippen LogP contribution in [0.1, 0.15) is 21.5 Å². The predicted octanol–water partition coefficient (Wildman–Crippen LogP) is 1.79. The first-order chi connectivity index (χ1) is 15.4. The van der Waals surface area contributed by atoms with Crippen molar-refractivity contribution in [2.45, 2.75) is 12.1 Å². The fourth-order valence-corrected chi connectivity index (χ4v) is 4.30. The Morgan fingerprint density at radius 2 is 1.88 bits per heavy atom. The maximum Gasteiger partial charge on any atom is 0.322 e. The van der Waals surface area contributed by atoms with Crippen LogP contribution in [0.25, 0.3) is 11.1 Å². The van der Waals surface area contributed by atoms with Gasteiger partial charge >= 0.3 is 6.03 Å². The van der Waals surface area contributed by atoms with Crippen molar-refractivity contribution in [3.05, 3.63) is 71.5 Å². The molecule has 1 fully saturated rings. The summed E-state index contributed by atoms with van der Waals surface area (Å²) < 4.78 is 6.94. The van der Waals surface area contributed by atoms with Gasteiger partial charge in [0, 0.05) is 30.9 Å². The number of nitrogens with one attached hydrogen (secondary N) is 2. The summed E-state index contributed by atoms with van der Waals surface area (Å²) in [5.41, 5.74) is 2.46. The van der Waals surface area contributed by atoms with Crippen molar-refractivity contribution in [3.8, 4) is 16.9 Å². The fourth-order valence-electron chi connectivity index (χ4n) is 4.30. The van der Waals surface area contributed by atoms with Crippen LogP contribution in [0.2, 0.25) is 0 Å². The number of carbonyl (C=O) groups is 3. The van der Waals surface area contributed by atoms with E-state index in [0.717, 1.165) is 16.7 Å². The van der Waals surface area contributed by atoms with E-state index in [-0.39, 0.29) is 12.5 Å². The van der Waals surface area contributed by atoms with Gasteiger partial charge in [-0.25, -0.2) is 4.79 Å². The van der Waals surface area contributed by atoms with E-state index in [1.54, 1.807) is 47.2 Å². The van der Waals surface area contributed by atoms with Gasteiger partial charge in [0.05, 0.1) is 19.9 Å². The summed E-state index contributed by atoms with van der Waals surface area (Å²) in [4.78, 5) is 39.7. The lowest BCUT2D eigenvalue weighted by Gasteiger charge is -2.31. The van der Waals surface area contributed by atoms with Gasteiger partial charge in [0.1, 0.15) is 5.75 Å². The van der Waals surface area contributed by atoms with E-state index in [0.29, 0.717) is 23.4 Å². The molecule has 0 aliphatic carbocycles. The van der Waals surface area contributed by atoms with Gasteiger partial charge < -0.3 is 15.0 Å². The van der Waals surface area contributed by atoms with E-state index in [2.05, 4.69) is 15.7 Å². The quantitative estimate of drug-likeness (QED) is 0.599. The molecule has 162 valence electrons. The van der Waals surface area contributed by atoms with Crippen LogP contribution in [-0.2, 0) is 23.9 Å². The number of urea groups is 1. The number of ether oxygens (including phenoxy) is 1. The van der Waals surface area contributed by atoms with Crippen LogP contribution in [0, 0.1) is 0 Å². The molecule has 2 N–H and O–H groups in total. The number of aromatic nitrogens is 2. The zero-order valence-electron chi connectivity index (χ0n) is 17.6. The highest BCUT2D eigenvalue weighted by Gasteiger charge is 2.50. The first kappa shape index (κ1) is 19.8. The van der Waals surface area contributed by atoms with Crippen molar-refractivity contribution >= 4 is 17.8 Å². The van der Waals surface area contributed by atoms with E-state index < -0.39 is 17.5 Å². The summed E-state index contributed by atoms with van der Waals surface area (Å²) in [6.45, 7) is 0.351. The highest BCUT2D eigenvalue weighted by atomic mass is 16.5. The number of aryl methyl sites for hydroxylation is 1. The first-order valence-corrected chi connectivity index (χ1v) is 10.1. The van der Waals surface area contributed by atoms with Crippen molar-refractivity contribution in [2.24, 2.45) is 7.05 Å². The molecule has 2 aromatic carbocycles. The lowest BCUT2D eigenvalue weighted by Crippen LogP contribution is -2.52.